The Morgan fingerprint density at radius 2 is 1.96 bits per heavy atom. The molecule has 2 aromatic rings. The van der Waals surface area contributed by atoms with E-state index in [0.717, 1.165) is 31.5 Å². The largest absolute Gasteiger partial charge is 0.354 e. The number of hydrogen-bond acceptors (Lipinski definition) is 5. The number of Topliss-reactive ketones (excluding diaryl/α,β-unsaturated/α-hetero) is 1. The lowest BCUT2D eigenvalue weighted by molar-refractivity contribution is 0.105. The number of ketones is 1. The van der Waals surface area contributed by atoms with Crippen molar-refractivity contribution >= 4 is 17.3 Å². The molecule has 0 atom stereocenters. The first-order valence-corrected chi connectivity index (χ1v) is 8.27. The molecule has 2 heterocycles. The van der Waals surface area contributed by atoms with E-state index < -0.39 is 0 Å². The van der Waals surface area contributed by atoms with E-state index in [1.54, 1.807) is 24.4 Å². The van der Waals surface area contributed by atoms with Gasteiger partial charge in [0.1, 0.15) is 11.5 Å². The molecule has 6 heteroatoms. The van der Waals surface area contributed by atoms with Crippen molar-refractivity contribution in [3.05, 3.63) is 65.6 Å². The van der Waals surface area contributed by atoms with Crippen molar-refractivity contribution in [2.45, 2.75) is 12.8 Å². The van der Waals surface area contributed by atoms with Gasteiger partial charge in [-0.3, -0.25) is 15.5 Å². The molecule has 3 rings (SSSR count). The van der Waals surface area contributed by atoms with Gasteiger partial charge in [-0.05, 0) is 61.2 Å². The summed E-state index contributed by atoms with van der Waals surface area (Å²) >= 11 is 0. The van der Waals surface area contributed by atoms with E-state index in [9.17, 15) is 14.4 Å². The van der Waals surface area contributed by atoms with Crippen LogP contribution in [0.1, 0.15) is 23.2 Å². The van der Waals surface area contributed by atoms with Gasteiger partial charge in [0.15, 0.2) is 5.82 Å². The van der Waals surface area contributed by atoms with Gasteiger partial charge in [0.05, 0.1) is 0 Å². The third-order valence-electron chi connectivity index (χ3n) is 4.18. The number of piperidine rings is 1. The van der Waals surface area contributed by atoms with Crippen molar-refractivity contribution in [2.75, 3.05) is 23.5 Å². The molecule has 0 amide bonds. The van der Waals surface area contributed by atoms with Gasteiger partial charge in [-0.15, -0.1) is 0 Å². The van der Waals surface area contributed by atoms with Crippen molar-refractivity contribution in [1.82, 2.24) is 4.98 Å². The number of pyridine rings is 1. The highest BCUT2D eigenvalue weighted by Crippen LogP contribution is 2.26. The highest BCUT2D eigenvalue weighted by atomic mass is 19.1. The first kappa shape index (κ1) is 17.6. The zero-order valence-corrected chi connectivity index (χ0v) is 14.1. The van der Waals surface area contributed by atoms with Gasteiger partial charge in [0.2, 0.25) is 5.78 Å². The Morgan fingerprint density at radius 1 is 1.23 bits per heavy atom. The van der Waals surface area contributed by atoms with Crippen LogP contribution in [0.5, 0.6) is 0 Å². The zero-order chi connectivity index (χ0) is 18.4. The predicted octanol–water partition coefficient (Wildman–Crippen LogP) is 3.43. The molecule has 5 nitrogen and oxygen atoms in total. The number of carbonyl (C=O) groups is 1. The van der Waals surface area contributed by atoms with Crippen LogP contribution in [0.3, 0.4) is 0 Å². The molecule has 1 aliphatic heterocycles. The number of aromatic nitrogens is 1. The minimum Gasteiger partial charge on any atom is -0.354 e. The summed E-state index contributed by atoms with van der Waals surface area (Å²) in [6.07, 6.45) is 5.08. The van der Waals surface area contributed by atoms with E-state index in [0.29, 0.717) is 17.1 Å². The number of allylic oxidation sites excluding steroid dienone is 1. The first-order valence-electron chi connectivity index (χ1n) is 8.27. The number of hydrogen-bond donors (Lipinski definition) is 2. The lowest BCUT2D eigenvalue weighted by Gasteiger charge is -2.30. The van der Waals surface area contributed by atoms with Crippen molar-refractivity contribution in [3.8, 4) is 11.8 Å². The Kier molecular flexibility index (Phi) is 5.62. The van der Waals surface area contributed by atoms with Crippen LogP contribution in [0.4, 0.5) is 15.9 Å². The van der Waals surface area contributed by atoms with Crippen LogP contribution in [0, 0.1) is 17.7 Å². The molecule has 132 valence electrons. The minimum atomic E-state index is -0.379. The first-order chi connectivity index (χ1) is 12.7. The maximum atomic E-state index is 12.9. The van der Waals surface area contributed by atoms with Crippen LogP contribution in [-0.4, -0.2) is 29.1 Å². The molecular formula is C20H18FN3O2. The summed E-state index contributed by atoms with van der Waals surface area (Å²) in [4.78, 5) is 18.3. The summed E-state index contributed by atoms with van der Waals surface area (Å²) in [5, 5.41) is 9.18. The average molecular weight is 351 g/mol. The summed E-state index contributed by atoms with van der Waals surface area (Å²) in [7, 11) is 0. The van der Waals surface area contributed by atoms with E-state index in [-0.39, 0.29) is 11.6 Å². The van der Waals surface area contributed by atoms with Crippen molar-refractivity contribution in [3.63, 3.8) is 0 Å². The number of benzene rings is 1. The average Bonchev–Trinajstić information content (AvgIpc) is 2.69. The van der Waals surface area contributed by atoms with Crippen molar-refractivity contribution < 1.29 is 14.4 Å². The Labute approximate surface area is 151 Å². The molecule has 0 spiro atoms. The molecule has 1 fully saturated rings. The van der Waals surface area contributed by atoms with Gasteiger partial charge >= 0.3 is 0 Å². The molecule has 0 radical (unpaired) electrons. The maximum absolute atomic E-state index is 12.9. The summed E-state index contributed by atoms with van der Waals surface area (Å²) < 4.78 is 12.9. The lowest BCUT2D eigenvalue weighted by Crippen LogP contribution is -2.31. The van der Waals surface area contributed by atoms with Gasteiger partial charge < -0.3 is 4.90 Å². The fourth-order valence-corrected chi connectivity index (χ4v) is 2.76. The third-order valence-corrected chi connectivity index (χ3v) is 4.18. The second kappa shape index (κ2) is 8.28. The topological polar surface area (TPSA) is 65.5 Å². The van der Waals surface area contributed by atoms with E-state index in [4.69, 9.17) is 0 Å². The fraction of sp³-hybridized carbons (Fsp3) is 0.200. The Bertz CT molecular complexity index is 872. The normalized spacial score (nSPS) is 13.6. The number of nitrogens with one attached hydrogen (secondary N) is 1. The summed E-state index contributed by atoms with van der Waals surface area (Å²) in [5.41, 5.74) is 4.28. The van der Waals surface area contributed by atoms with Gasteiger partial charge in [0.25, 0.3) is 0 Å². The van der Waals surface area contributed by atoms with Crippen LogP contribution >= 0.6 is 0 Å². The summed E-state index contributed by atoms with van der Waals surface area (Å²) in [6.45, 7) is 1.51. The second-order valence-corrected chi connectivity index (χ2v) is 5.88. The van der Waals surface area contributed by atoms with E-state index in [1.807, 2.05) is 0 Å². The molecular weight excluding hydrogens is 333 g/mol. The quantitative estimate of drug-likeness (QED) is 0.384. The number of rotatable bonds is 3. The van der Waals surface area contributed by atoms with Crippen LogP contribution in [0.25, 0.3) is 0 Å². The lowest BCUT2D eigenvalue weighted by atomic mass is 10.0. The zero-order valence-electron chi connectivity index (χ0n) is 14.1. The number of carbonyl (C=O) groups excluding carboxylic acids is 1. The molecule has 26 heavy (non-hydrogen) atoms. The molecule has 0 saturated carbocycles. The SMILES string of the molecule is O=C(C#CC=C1CCN(c2ncccc2NO)CC1)c1ccc(F)cc1. The monoisotopic (exact) mass is 351 g/mol. The Hall–Kier alpha value is -3.17. The molecule has 1 aromatic carbocycles. The Balaban J connectivity index is 1.60. The Morgan fingerprint density at radius 3 is 2.65 bits per heavy atom. The van der Waals surface area contributed by atoms with Crippen LogP contribution in [0.2, 0.25) is 0 Å². The van der Waals surface area contributed by atoms with Crippen LogP contribution in [-0.2, 0) is 0 Å². The van der Waals surface area contributed by atoms with E-state index in [1.165, 1.54) is 24.3 Å². The maximum Gasteiger partial charge on any atom is 0.236 e. The molecule has 2 N–H and O–H groups in total. The molecule has 0 aliphatic carbocycles. The van der Waals surface area contributed by atoms with Crippen molar-refractivity contribution in [1.29, 1.82) is 0 Å². The predicted molar refractivity (Wildman–Crippen MR) is 97.7 cm³/mol. The van der Waals surface area contributed by atoms with Gasteiger partial charge in [-0.2, -0.15) is 0 Å². The van der Waals surface area contributed by atoms with Crippen LogP contribution < -0.4 is 10.4 Å². The second-order valence-electron chi connectivity index (χ2n) is 5.88. The summed E-state index contributed by atoms with van der Waals surface area (Å²) in [6, 6.07) is 8.87. The number of nitrogens with zero attached hydrogens (tertiary/aromatic N) is 2. The molecule has 1 aromatic heterocycles. The standard InChI is InChI=1S/C20H18FN3O2/c21-17-8-6-16(7-9-17)19(25)5-1-3-15-10-13-24(14-11-15)20-18(23-26)4-2-12-22-20/h2-4,6-9,12,23,26H,10-11,13-14H2. The van der Waals surface area contributed by atoms with E-state index >= 15 is 0 Å². The van der Waals surface area contributed by atoms with Gasteiger partial charge in [-0.1, -0.05) is 11.5 Å². The smallest absolute Gasteiger partial charge is 0.236 e. The van der Waals surface area contributed by atoms with Crippen LogP contribution in [0.15, 0.2) is 54.2 Å². The fourth-order valence-electron chi connectivity index (χ4n) is 2.76. The molecule has 1 saturated heterocycles. The third kappa shape index (κ3) is 4.26. The number of halogens is 1. The molecule has 1 aliphatic rings. The number of anilines is 2. The van der Waals surface area contributed by atoms with Crippen molar-refractivity contribution in [2.24, 2.45) is 0 Å². The highest BCUT2D eigenvalue weighted by Gasteiger charge is 2.17. The van der Waals surface area contributed by atoms with E-state index in [2.05, 4.69) is 27.2 Å². The molecule has 0 bridgehead atoms. The van der Waals surface area contributed by atoms with Gasteiger partial charge in [-0.25, -0.2) is 9.37 Å². The molecule has 0 unspecified atom stereocenters. The minimum absolute atomic E-state index is 0.327. The highest BCUT2D eigenvalue weighted by molar-refractivity contribution is 6.09. The summed E-state index contributed by atoms with van der Waals surface area (Å²) in [5.74, 6) is 5.38. The van der Waals surface area contributed by atoms with Gasteiger partial charge in [0, 0.05) is 24.8 Å².